The van der Waals surface area contributed by atoms with Crippen LogP contribution in [0.3, 0.4) is 0 Å². The number of rotatable bonds is 5. The van der Waals surface area contributed by atoms with Crippen molar-refractivity contribution < 1.29 is 14.3 Å². The van der Waals surface area contributed by atoms with Crippen LogP contribution in [0.5, 0.6) is 5.75 Å². The second kappa shape index (κ2) is 8.00. The molecule has 0 radical (unpaired) electrons. The smallest absolute Gasteiger partial charge is 0.243 e. The van der Waals surface area contributed by atoms with Crippen molar-refractivity contribution in [1.82, 2.24) is 5.32 Å². The number of nitrogens with two attached hydrogens (primary N) is 1. The van der Waals surface area contributed by atoms with Crippen molar-refractivity contribution in [2.75, 3.05) is 18.5 Å². The lowest BCUT2D eigenvalue weighted by atomic mass is 10.1. The van der Waals surface area contributed by atoms with E-state index in [9.17, 15) is 9.59 Å². The first kappa shape index (κ1) is 18.3. The zero-order valence-corrected chi connectivity index (χ0v) is 13.5. The monoisotopic (exact) mass is 327 g/mol. The van der Waals surface area contributed by atoms with Gasteiger partial charge in [0.25, 0.3) is 0 Å². The van der Waals surface area contributed by atoms with Crippen LogP contribution in [-0.2, 0) is 16.0 Å². The van der Waals surface area contributed by atoms with E-state index in [4.69, 9.17) is 10.5 Å². The van der Waals surface area contributed by atoms with Gasteiger partial charge < -0.3 is 21.1 Å². The normalized spacial score (nSPS) is 13.6. The lowest BCUT2D eigenvalue weighted by Crippen LogP contribution is -2.46. The average molecular weight is 328 g/mol. The second-order valence-electron chi connectivity index (χ2n) is 5.46. The molecule has 1 aliphatic heterocycles. The fraction of sp³-hybridized carbons (Fsp3) is 0.467. The zero-order chi connectivity index (χ0) is 15.4. The molecule has 1 aromatic rings. The molecule has 22 heavy (non-hydrogen) atoms. The number of hydrogen-bond donors (Lipinski definition) is 3. The number of amides is 2. The Labute approximate surface area is 136 Å². The van der Waals surface area contributed by atoms with E-state index < -0.39 is 6.04 Å². The molecule has 1 aliphatic rings. The van der Waals surface area contributed by atoms with Crippen LogP contribution in [0.1, 0.15) is 19.4 Å². The Balaban J connectivity index is 0.00000242. The fourth-order valence-electron chi connectivity index (χ4n) is 2.06. The van der Waals surface area contributed by atoms with Gasteiger partial charge in [-0.15, -0.1) is 12.4 Å². The van der Waals surface area contributed by atoms with Crippen LogP contribution >= 0.6 is 12.4 Å². The quantitative estimate of drug-likeness (QED) is 0.754. The van der Waals surface area contributed by atoms with Crippen molar-refractivity contribution in [3.05, 3.63) is 23.8 Å². The maximum Gasteiger partial charge on any atom is 0.243 e. The summed E-state index contributed by atoms with van der Waals surface area (Å²) in [7, 11) is 0. The Hall–Kier alpha value is -1.79. The van der Waals surface area contributed by atoms with Crippen molar-refractivity contribution in [3.8, 4) is 5.75 Å². The molecule has 0 fully saturated rings. The predicted octanol–water partition coefficient (Wildman–Crippen LogP) is 1.08. The summed E-state index contributed by atoms with van der Waals surface area (Å²) in [6, 6.07) is 4.91. The van der Waals surface area contributed by atoms with Gasteiger partial charge >= 0.3 is 0 Å². The highest BCUT2D eigenvalue weighted by molar-refractivity contribution is 5.95. The Morgan fingerprint density at radius 2 is 2.09 bits per heavy atom. The molecule has 0 saturated carbocycles. The van der Waals surface area contributed by atoms with Gasteiger partial charge in [0.15, 0.2) is 0 Å². The van der Waals surface area contributed by atoms with Crippen LogP contribution in [0.15, 0.2) is 18.2 Å². The first-order valence-corrected chi connectivity index (χ1v) is 7.06. The van der Waals surface area contributed by atoms with Crippen molar-refractivity contribution >= 4 is 29.9 Å². The SMILES string of the molecule is CC(C)[C@H](N)C(=O)NCC(=O)Nc1ccc2c(c1)CCO2.Cl. The van der Waals surface area contributed by atoms with Gasteiger partial charge in [0.1, 0.15) is 5.75 Å². The first-order valence-electron chi connectivity index (χ1n) is 7.06. The summed E-state index contributed by atoms with van der Waals surface area (Å²) in [5.74, 6) is 0.301. The molecule has 0 aliphatic carbocycles. The van der Waals surface area contributed by atoms with Gasteiger partial charge in [0.05, 0.1) is 19.2 Å². The number of nitrogens with one attached hydrogen (secondary N) is 2. The largest absolute Gasteiger partial charge is 0.493 e. The third kappa shape index (κ3) is 4.61. The fourth-order valence-corrected chi connectivity index (χ4v) is 2.06. The summed E-state index contributed by atoms with van der Waals surface area (Å²) in [5.41, 5.74) is 7.49. The number of fused-ring (bicyclic) bond motifs is 1. The molecule has 1 heterocycles. The second-order valence-corrected chi connectivity index (χ2v) is 5.46. The van der Waals surface area contributed by atoms with Gasteiger partial charge in [0, 0.05) is 12.1 Å². The van der Waals surface area contributed by atoms with Gasteiger partial charge in [-0.1, -0.05) is 13.8 Å². The van der Waals surface area contributed by atoms with Gasteiger partial charge in [-0.25, -0.2) is 0 Å². The minimum Gasteiger partial charge on any atom is -0.493 e. The molecule has 0 aromatic heterocycles. The van der Waals surface area contributed by atoms with Gasteiger partial charge in [-0.05, 0) is 29.7 Å². The highest BCUT2D eigenvalue weighted by Crippen LogP contribution is 2.27. The lowest BCUT2D eigenvalue weighted by molar-refractivity contribution is -0.125. The van der Waals surface area contributed by atoms with Crippen LogP contribution in [-0.4, -0.2) is 31.0 Å². The van der Waals surface area contributed by atoms with E-state index in [1.807, 2.05) is 26.0 Å². The van der Waals surface area contributed by atoms with Crippen LogP contribution in [0.2, 0.25) is 0 Å². The number of halogens is 1. The summed E-state index contributed by atoms with van der Waals surface area (Å²) in [6.07, 6.45) is 0.846. The van der Waals surface area contributed by atoms with Crippen molar-refractivity contribution in [1.29, 1.82) is 0 Å². The van der Waals surface area contributed by atoms with Crippen molar-refractivity contribution in [3.63, 3.8) is 0 Å². The van der Waals surface area contributed by atoms with Gasteiger partial charge in [-0.2, -0.15) is 0 Å². The molecule has 4 N–H and O–H groups in total. The number of benzene rings is 1. The highest BCUT2D eigenvalue weighted by Gasteiger charge is 2.18. The molecule has 2 amide bonds. The molecule has 6 nitrogen and oxygen atoms in total. The third-order valence-corrected chi connectivity index (χ3v) is 3.42. The third-order valence-electron chi connectivity index (χ3n) is 3.42. The summed E-state index contributed by atoms with van der Waals surface area (Å²) in [5, 5.41) is 5.28. The number of ether oxygens (including phenoxy) is 1. The summed E-state index contributed by atoms with van der Waals surface area (Å²) in [4.78, 5) is 23.5. The maximum atomic E-state index is 11.8. The lowest BCUT2D eigenvalue weighted by Gasteiger charge is -2.15. The van der Waals surface area contributed by atoms with Crippen LogP contribution in [0.25, 0.3) is 0 Å². The highest BCUT2D eigenvalue weighted by atomic mass is 35.5. The Morgan fingerprint density at radius 1 is 1.36 bits per heavy atom. The first-order chi connectivity index (χ1) is 9.97. The topological polar surface area (TPSA) is 93.5 Å². The molecule has 7 heteroatoms. The van der Waals surface area contributed by atoms with E-state index in [0.29, 0.717) is 12.3 Å². The van der Waals surface area contributed by atoms with E-state index >= 15 is 0 Å². The molecular formula is C15H22ClN3O3. The molecule has 0 bridgehead atoms. The van der Waals surface area contributed by atoms with Crippen molar-refractivity contribution in [2.24, 2.45) is 11.7 Å². The molecule has 1 aromatic carbocycles. The number of carbonyl (C=O) groups is 2. The van der Waals surface area contributed by atoms with Gasteiger partial charge in [-0.3, -0.25) is 9.59 Å². The van der Waals surface area contributed by atoms with Crippen LogP contribution < -0.4 is 21.1 Å². The molecule has 0 saturated heterocycles. The van der Waals surface area contributed by atoms with Crippen LogP contribution in [0.4, 0.5) is 5.69 Å². The van der Waals surface area contributed by atoms with E-state index in [-0.39, 0.29) is 36.7 Å². The predicted molar refractivity (Wildman–Crippen MR) is 87.3 cm³/mol. The van der Waals surface area contributed by atoms with Crippen molar-refractivity contribution in [2.45, 2.75) is 26.3 Å². The minimum absolute atomic E-state index is 0. The summed E-state index contributed by atoms with van der Waals surface area (Å²) >= 11 is 0. The molecule has 0 unspecified atom stereocenters. The standard InChI is InChI=1S/C15H21N3O3.ClH/c1-9(2)14(16)15(20)17-8-13(19)18-11-3-4-12-10(7-11)5-6-21-12;/h3-4,7,9,14H,5-6,8,16H2,1-2H3,(H,17,20)(H,18,19);1H/t14-;/m0./s1. The number of carbonyl (C=O) groups excluding carboxylic acids is 2. The molecular weight excluding hydrogens is 306 g/mol. The number of anilines is 1. The summed E-state index contributed by atoms with van der Waals surface area (Å²) < 4.78 is 5.40. The van der Waals surface area contributed by atoms with Gasteiger partial charge in [0.2, 0.25) is 11.8 Å². The molecule has 2 rings (SSSR count). The summed E-state index contributed by atoms with van der Waals surface area (Å²) in [6.45, 7) is 4.30. The Kier molecular flexibility index (Phi) is 6.64. The zero-order valence-electron chi connectivity index (χ0n) is 12.7. The molecule has 0 spiro atoms. The van der Waals surface area contributed by atoms with E-state index in [1.165, 1.54) is 0 Å². The molecule has 122 valence electrons. The Bertz CT molecular complexity index is 549. The van der Waals surface area contributed by atoms with E-state index in [1.54, 1.807) is 6.07 Å². The van der Waals surface area contributed by atoms with E-state index in [2.05, 4.69) is 10.6 Å². The Morgan fingerprint density at radius 3 is 2.77 bits per heavy atom. The number of hydrogen-bond acceptors (Lipinski definition) is 4. The molecule has 1 atom stereocenters. The maximum absolute atomic E-state index is 11.8. The average Bonchev–Trinajstić information content (AvgIpc) is 2.91. The van der Waals surface area contributed by atoms with Crippen LogP contribution in [0, 0.1) is 5.92 Å². The van der Waals surface area contributed by atoms with E-state index in [0.717, 1.165) is 17.7 Å². The minimum atomic E-state index is -0.602.